The molecule has 0 aliphatic carbocycles. The number of nitrogens with one attached hydrogen (secondary N) is 1. The third-order valence-corrected chi connectivity index (χ3v) is 3.17. The number of aromatic nitrogens is 5. The summed E-state index contributed by atoms with van der Waals surface area (Å²) in [5.41, 5.74) is 8.71. The Labute approximate surface area is 113 Å². The van der Waals surface area contributed by atoms with Gasteiger partial charge in [-0.1, -0.05) is 24.3 Å². The lowest BCUT2D eigenvalue weighted by atomic mass is 10.1. The maximum Gasteiger partial charge on any atom is 0.222 e. The molecule has 0 bridgehead atoms. The van der Waals surface area contributed by atoms with E-state index in [4.69, 9.17) is 5.73 Å². The quantitative estimate of drug-likeness (QED) is 0.548. The van der Waals surface area contributed by atoms with Crippen molar-refractivity contribution in [2.24, 2.45) is 0 Å². The van der Waals surface area contributed by atoms with Gasteiger partial charge in [-0.05, 0) is 12.1 Å². The number of fused-ring (bicyclic) bond motifs is 2. The van der Waals surface area contributed by atoms with Gasteiger partial charge in [0.25, 0.3) is 0 Å². The number of benzene rings is 1. The summed E-state index contributed by atoms with van der Waals surface area (Å²) in [4.78, 5) is 13.0. The van der Waals surface area contributed by atoms with Crippen LogP contribution in [0.2, 0.25) is 0 Å². The molecule has 96 valence electrons. The van der Waals surface area contributed by atoms with Crippen LogP contribution >= 0.6 is 0 Å². The third kappa shape index (κ3) is 1.58. The number of H-pyrrole nitrogens is 1. The average molecular weight is 262 g/mol. The normalized spacial score (nSPS) is 11.2. The van der Waals surface area contributed by atoms with Crippen LogP contribution in [0.15, 0.2) is 42.6 Å². The van der Waals surface area contributed by atoms with Crippen LogP contribution in [0.3, 0.4) is 0 Å². The number of rotatable bonds is 1. The molecule has 0 amide bonds. The number of pyridine rings is 1. The van der Waals surface area contributed by atoms with E-state index < -0.39 is 0 Å². The van der Waals surface area contributed by atoms with Crippen LogP contribution in [0.1, 0.15) is 0 Å². The van der Waals surface area contributed by atoms with Crippen molar-refractivity contribution in [2.75, 3.05) is 5.73 Å². The number of para-hydroxylation sites is 1. The van der Waals surface area contributed by atoms with E-state index in [1.54, 1.807) is 6.20 Å². The lowest BCUT2D eigenvalue weighted by molar-refractivity contribution is 1.09. The zero-order chi connectivity index (χ0) is 13.5. The minimum atomic E-state index is 0.201. The second-order valence-corrected chi connectivity index (χ2v) is 4.45. The molecule has 0 aliphatic heterocycles. The number of nitrogens with two attached hydrogens (primary N) is 1. The Hall–Kier alpha value is -3.02. The van der Waals surface area contributed by atoms with Crippen LogP contribution in [0, 0.1) is 0 Å². The predicted octanol–water partition coefficient (Wildman–Crippen LogP) is 2.15. The second kappa shape index (κ2) is 3.99. The van der Waals surface area contributed by atoms with Crippen LogP contribution in [0.4, 0.5) is 5.95 Å². The molecule has 4 rings (SSSR count). The smallest absolute Gasteiger partial charge is 0.222 e. The molecule has 3 N–H and O–H groups in total. The summed E-state index contributed by atoms with van der Waals surface area (Å²) >= 11 is 0. The minimum Gasteiger partial charge on any atom is -0.368 e. The largest absolute Gasteiger partial charge is 0.368 e. The number of nitrogen functional groups attached to an aromatic ring is 1. The lowest BCUT2D eigenvalue weighted by Crippen LogP contribution is -1.98. The first-order valence-corrected chi connectivity index (χ1v) is 6.14. The molecular weight excluding hydrogens is 252 g/mol. The number of nitrogens with zero attached hydrogens (tertiary/aromatic N) is 4. The van der Waals surface area contributed by atoms with Gasteiger partial charge in [0.15, 0.2) is 5.65 Å². The zero-order valence-electron chi connectivity index (χ0n) is 10.4. The highest BCUT2D eigenvalue weighted by Gasteiger charge is 2.11. The molecule has 0 spiro atoms. The van der Waals surface area contributed by atoms with Gasteiger partial charge >= 0.3 is 0 Å². The van der Waals surface area contributed by atoms with E-state index in [2.05, 4.69) is 25.1 Å². The van der Waals surface area contributed by atoms with Crippen LogP contribution in [-0.4, -0.2) is 25.1 Å². The topological polar surface area (TPSA) is 93.4 Å². The molecule has 0 atom stereocenters. The Bertz CT molecular complexity index is 927. The SMILES string of the molecule is Nc1nc(-c2ccc3ccccc3n2)c2cn[nH]c2n1. The van der Waals surface area contributed by atoms with E-state index in [1.165, 1.54) is 0 Å². The fourth-order valence-corrected chi connectivity index (χ4v) is 2.25. The summed E-state index contributed by atoms with van der Waals surface area (Å²) in [7, 11) is 0. The molecule has 6 heteroatoms. The number of hydrogen-bond donors (Lipinski definition) is 2. The van der Waals surface area contributed by atoms with Crippen LogP contribution in [-0.2, 0) is 0 Å². The van der Waals surface area contributed by atoms with E-state index in [0.717, 1.165) is 22.0 Å². The van der Waals surface area contributed by atoms with Gasteiger partial charge in [0.05, 0.1) is 22.8 Å². The summed E-state index contributed by atoms with van der Waals surface area (Å²) in [5.74, 6) is 0.201. The first kappa shape index (κ1) is 10.9. The Balaban J connectivity index is 2.02. The highest BCUT2D eigenvalue weighted by molar-refractivity contribution is 5.91. The van der Waals surface area contributed by atoms with Gasteiger partial charge in [-0.3, -0.25) is 5.10 Å². The Morgan fingerprint density at radius 1 is 0.950 bits per heavy atom. The third-order valence-electron chi connectivity index (χ3n) is 3.17. The van der Waals surface area contributed by atoms with Gasteiger partial charge in [-0.25, -0.2) is 9.97 Å². The molecule has 0 unspecified atom stereocenters. The minimum absolute atomic E-state index is 0.201. The van der Waals surface area contributed by atoms with Crippen molar-refractivity contribution < 1.29 is 0 Å². The van der Waals surface area contributed by atoms with Crippen LogP contribution in [0.25, 0.3) is 33.3 Å². The van der Waals surface area contributed by atoms with E-state index in [9.17, 15) is 0 Å². The highest BCUT2D eigenvalue weighted by atomic mass is 15.2. The molecule has 4 aromatic rings. The van der Waals surface area contributed by atoms with Crippen molar-refractivity contribution in [1.29, 1.82) is 0 Å². The van der Waals surface area contributed by atoms with Gasteiger partial charge in [0, 0.05) is 5.39 Å². The maximum absolute atomic E-state index is 5.74. The predicted molar refractivity (Wildman–Crippen MR) is 76.8 cm³/mol. The number of hydrogen-bond acceptors (Lipinski definition) is 5. The molecule has 0 radical (unpaired) electrons. The maximum atomic E-state index is 5.74. The molecule has 0 saturated heterocycles. The van der Waals surface area contributed by atoms with Gasteiger partial charge in [0.1, 0.15) is 5.69 Å². The highest BCUT2D eigenvalue weighted by Crippen LogP contribution is 2.25. The van der Waals surface area contributed by atoms with Crippen LogP contribution < -0.4 is 5.73 Å². The van der Waals surface area contributed by atoms with Crippen molar-refractivity contribution >= 4 is 27.9 Å². The first-order valence-electron chi connectivity index (χ1n) is 6.14. The molecule has 3 heterocycles. The summed E-state index contributed by atoms with van der Waals surface area (Å²) in [5, 5.41) is 8.67. The summed E-state index contributed by atoms with van der Waals surface area (Å²) < 4.78 is 0. The average Bonchev–Trinajstić information content (AvgIpc) is 2.94. The lowest BCUT2D eigenvalue weighted by Gasteiger charge is -2.04. The zero-order valence-corrected chi connectivity index (χ0v) is 10.4. The fourth-order valence-electron chi connectivity index (χ4n) is 2.25. The van der Waals surface area contributed by atoms with Crippen molar-refractivity contribution in [3.63, 3.8) is 0 Å². The Morgan fingerprint density at radius 2 is 1.85 bits per heavy atom. The molecular formula is C14H10N6. The van der Waals surface area contributed by atoms with Crippen molar-refractivity contribution in [3.8, 4) is 11.4 Å². The summed E-state index contributed by atoms with van der Waals surface area (Å²) in [6.45, 7) is 0. The molecule has 0 saturated carbocycles. The number of aromatic amines is 1. The molecule has 0 aliphatic rings. The summed E-state index contributed by atoms with van der Waals surface area (Å²) in [6.07, 6.45) is 1.68. The van der Waals surface area contributed by atoms with E-state index in [-0.39, 0.29) is 5.95 Å². The number of anilines is 1. The van der Waals surface area contributed by atoms with Gasteiger partial charge < -0.3 is 5.73 Å². The molecule has 6 nitrogen and oxygen atoms in total. The molecule has 20 heavy (non-hydrogen) atoms. The Morgan fingerprint density at radius 3 is 2.80 bits per heavy atom. The van der Waals surface area contributed by atoms with Crippen molar-refractivity contribution in [2.45, 2.75) is 0 Å². The molecule has 1 aromatic carbocycles. The standard InChI is InChI=1S/C14H10N6/c15-14-18-12(9-7-16-20-13(9)19-14)11-6-5-8-3-1-2-4-10(8)17-11/h1-7H,(H3,15,16,18,19,20). The van der Waals surface area contributed by atoms with E-state index in [1.807, 2.05) is 36.4 Å². The van der Waals surface area contributed by atoms with Crippen molar-refractivity contribution in [1.82, 2.24) is 25.1 Å². The molecule has 3 aromatic heterocycles. The van der Waals surface area contributed by atoms with Gasteiger partial charge in [0.2, 0.25) is 5.95 Å². The monoisotopic (exact) mass is 262 g/mol. The fraction of sp³-hybridized carbons (Fsp3) is 0. The molecule has 0 fully saturated rings. The first-order chi connectivity index (χ1) is 9.81. The van der Waals surface area contributed by atoms with E-state index in [0.29, 0.717) is 11.3 Å². The van der Waals surface area contributed by atoms with E-state index >= 15 is 0 Å². The van der Waals surface area contributed by atoms with Crippen molar-refractivity contribution in [3.05, 3.63) is 42.6 Å². The van der Waals surface area contributed by atoms with Gasteiger partial charge in [-0.2, -0.15) is 10.1 Å². The van der Waals surface area contributed by atoms with Crippen LogP contribution in [0.5, 0.6) is 0 Å². The Kier molecular flexibility index (Phi) is 2.17. The summed E-state index contributed by atoms with van der Waals surface area (Å²) in [6, 6.07) is 11.9. The van der Waals surface area contributed by atoms with Gasteiger partial charge in [-0.15, -0.1) is 0 Å². The second-order valence-electron chi connectivity index (χ2n) is 4.45.